The van der Waals surface area contributed by atoms with Gasteiger partial charge in [-0.05, 0) is 63.9 Å². The highest BCUT2D eigenvalue weighted by molar-refractivity contribution is 7.15. The molecule has 0 aliphatic carbocycles. The van der Waals surface area contributed by atoms with Crippen LogP contribution in [-0.2, 0) is 9.59 Å². The van der Waals surface area contributed by atoms with Crippen molar-refractivity contribution in [1.82, 2.24) is 9.88 Å². The van der Waals surface area contributed by atoms with E-state index in [9.17, 15) is 9.59 Å². The zero-order valence-corrected chi connectivity index (χ0v) is 17.9. The van der Waals surface area contributed by atoms with Gasteiger partial charge in [-0.2, -0.15) is 0 Å². The van der Waals surface area contributed by atoms with Gasteiger partial charge >= 0.3 is 0 Å². The molecule has 1 aromatic carbocycles. The molecule has 1 aromatic heterocycles. The Kier molecular flexibility index (Phi) is 6.69. The van der Waals surface area contributed by atoms with E-state index in [-0.39, 0.29) is 24.3 Å². The largest absolute Gasteiger partial charge is 0.326 e. The first-order valence-electron chi connectivity index (χ1n) is 9.35. The Morgan fingerprint density at radius 2 is 2.07 bits per heavy atom. The summed E-state index contributed by atoms with van der Waals surface area (Å²) in [6.07, 6.45) is 1.71. The van der Waals surface area contributed by atoms with Gasteiger partial charge in [-0.3, -0.25) is 14.5 Å². The van der Waals surface area contributed by atoms with E-state index in [1.165, 1.54) is 11.3 Å². The van der Waals surface area contributed by atoms with E-state index in [0.29, 0.717) is 16.7 Å². The molecule has 1 aliphatic rings. The van der Waals surface area contributed by atoms with Gasteiger partial charge in [-0.15, -0.1) is 11.3 Å². The quantitative estimate of drug-likeness (QED) is 0.766. The molecule has 0 radical (unpaired) electrons. The molecule has 2 amide bonds. The van der Waals surface area contributed by atoms with Gasteiger partial charge in [-0.1, -0.05) is 11.6 Å². The van der Waals surface area contributed by atoms with E-state index < -0.39 is 0 Å². The van der Waals surface area contributed by atoms with Gasteiger partial charge in [0.1, 0.15) is 0 Å². The molecule has 1 fully saturated rings. The molecule has 0 spiro atoms. The Balaban J connectivity index is 1.54. The molecule has 3 rings (SSSR count). The third-order valence-corrected chi connectivity index (χ3v) is 6.19. The smallest absolute Gasteiger partial charge is 0.240 e. The van der Waals surface area contributed by atoms with E-state index in [0.717, 1.165) is 41.2 Å². The second kappa shape index (κ2) is 9.03. The minimum Gasteiger partial charge on any atom is -0.326 e. The second-order valence-corrected chi connectivity index (χ2v) is 8.87. The number of nitrogens with zero attached hydrogens (tertiary/aromatic N) is 2. The van der Waals surface area contributed by atoms with Gasteiger partial charge in [0.15, 0.2) is 5.13 Å². The molecule has 8 heteroatoms. The zero-order chi connectivity index (χ0) is 20.3. The first kappa shape index (κ1) is 20.8. The number of piperidine rings is 1. The summed E-state index contributed by atoms with van der Waals surface area (Å²) in [5, 5.41) is 7.14. The van der Waals surface area contributed by atoms with E-state index in [1.807, 2.05) is 37.8 Å². The number of halogens is 1. The molecule has 2 N–H and O–H groups in total. The molecule has 2 aromatic rings. The van der Waals surface area contributed by atoms with Crippen LogP contribution >= 0.6 is 22.9 Å². The number of benzene rings is 1. The van der Waals surface area contributed by atoms with Crippen molar-refractivity contribution in [3.63, 3.8) is 0 Å². The van der Waals surface area contributed by atoms with Crippen LogP contribution in [0.1, 0.15) is 29.0 Å². The van der Waals surface area contributed by atoms with Crippen molar-refractivity contribution in [2.45, 2.75) is 33.6 Å². The Hall–Kier alpha value is -1.96. The molecule has 0 bridgehead atoms. The highest BCUT2D eigenvalue weighted by atomic mass is 35.5. The minimum atomic E-state index is -0.138. The number of aromatic nitrogens is 1. The average molecular weight is 421 g/mol. The molecule has 150 valence electrons. The fourth-order valence-electron chi connectivity index (χ4n) is 3.30. The molecule has 6 nitrogen and oxygen atoms in total. The van der Waals surface area contributed by atoms with Crippen LogP contribution < -0.4 is 10.6 Å². The summed E-state index contributed by atoms with van der Waals surface area (Å²) in [5.74, 6) is -0.244. The number of likely N-dealkylation sites (tertiary alicyclic amines) is 1. The van der Waals surface area contributed by atoms with Crippen LogP contribution in [0.2, 0.25) is 5.02 Å². The van der Waals surface area contributed by atoms with Crippen LogP contribution in [0.3, 0.4) is 0 Å². The predicted octanol–water partition coefficient (Wildman–Crippen LogP) is 4.01. The van der Waals surface area contributed by atoms with Crippen LogP contribution in [0.25, 0.3) is 0 Å². The summed E-state index contributed by atoms with van der Waals surface area (Å²) < 4.78 is 0. The maximum Gasteiger partial charge on any atom is 0.240 e. The number of carbonyl (C=O) groups excluding carboxylic acids is 2. The number of carbonyl (C=O) groups is 2. The van der Waals surface area contributed by atoms with Crippen molar-refractivity contribution in [1.29, 1.82) is 0 Å². The van der Waals surface area contributed by atoms with Gasteiger partial charge in [0.05, 0.1) is 18.2 Å². The lowest BCUT2D eigenvalue weighted by Gasteiger charge is -2.31. The maximum absolute atomic E-state index is 12.7. The Bertz CT molecular complexity index is 864. The summed E-state index contributed by atoms with van der Waals surface area (Å²) in [4.78, 5) is 32.5. The molecule has 1 saturated heterocycles. The van der Waals surface area contributed by atoms with Gasteiger partial charge in [0, 0.05) is 22.1 Å². The predicted molar refractivity (Wildman–Crippen MR) is 114 cm³/mol. The standard InChI is InChI=1S/C20H25ClN4O2S/c1-12-9-16(21)6-7-17(12)23-19(27)15-5-4-8-25(10-15)11-18(26)24-20-22-13(2)14(3)28-20/h6-7,9,15H,4-5,8,10-11H2,1-3H3,(H,23,27)(H,22,24,26). The van der Waals surface area contributed by atoms with Crippen molar-refractivity contribution in [2.24, 2.45) is 5.92 Å². The number of hydrogen-bond donors (Lipinski definition) is 2. The highest BCUT2D eigenvalue weighted by Crippen LogP contribution is 2.24. The third-order valence-electron chi connectivity index (χ3n) is 4.96. The number of anilines is 2. The summed E-state index contributed by atoms with van der Waals surface area (Å²) in [7, 11) is 0. The van der Waals surface area contributed by atoms with Crippen LogP contribution in [-0.4, -0.2) is 41.3 Å². The SMILES string of the molecule is Cc1cc(Cl)ccc1NC(=O)C1CCCN(CC(=O)Nc2nc(C)c(C)s2)C1. The van der Waals surface area contributed by atoms with Gasteiger partial charge in [-0.25, -0.2) is 4.98 Å². The van der Waals surface area contributed by atoms with Crippen LogP contribution in [0.4, 0.5) is 10.8 Å². The fraction of sp³-hybridized carbons (Fsp3) is 0.450. The number of hydrogen-bond acceptors (Lipinski definition) is 5. The Morgan fingerprint density at radius 3 is 2.75 bits per heavy atom. The summed E-state index contributed by atoms with van der Waals surface area (Å²) in [5.41, 5.74) is 2.65. The highest BCUT2D eigenvalue weighted by Gasteiger charge is 2.27. The first-order chi connectivity index (χ1) is 13.3. The van der Waals surface area contributed by atoms with Gasteiger partial charge in [0.2, 0.25) is 11.8 Å². The average Bonchev–Trinajstić information content (AvgIpc) is 2.94. The lowest BCUT2D eigenvalue weighted by atomic mass is 9.97. The summed E-state index contributed by atoms with van der Waals surface area (Å²) >= 11 is 7.46. The zero-order valence-electron chi connectivity index (χ0n) is 16.3. The van der Waals surface area contributed by atoms with Crippen LogP contribution in [0.15, 0.2) is 18.2 Å². The van der Waals surface area contributed by atoms with E-state index >= 15 is 0 Å². The number of amides is 2. The van der Waals surface area contributed by atoms with Crippen molar-refractivity contribution >= 4 is 45.6 Å². The molecular formula is C20H25ClN4O2S. The Labute approximate surface area is 174 Å². The summed E-state index contributed by atoms with van der Waals surface area (Å²) in [6, 6.07) is 5.42. The second-order valence-electron chi connectivity index (χ2n) is 7.23. The molecule has 2 heterocycles. The van der Waals surface area contributed by atoms with Crippen molar-refractivity contribution in [3.8, 4) is 0 Å². The number of nitrogens with one attached hydrogen (secondary N) is 2. The number of rotatable bonds is 5. The molecule has 1 unspecified atom stereocenters. The molecule has 0 saturated carbocycles. The maximum atomic E-state index is 12.7. The van der Waals surface area contributed by atoms with Gasteiger partial charge in [0.25, 0.3) is 0 Å². The number of aryl methyl sites for hydroxylation is 3. The molecule has 1 aliphatic heterocycles. The van der Waals surface area contributed by atoms with E-state index in [1.54, 1.807) is 6.07 Å². The molecule has 1 atom stereocenters. The normalized spacial score (nSPS) is 17.4. The van der Waals surface area contributed by atoms with E-state index in [4.69, 9.17) is 11.6 Å². The molecule has 28 heavy (non-hydrogen) atoms. The lowest BCUT2D eigenvalue weighted by Crippen LogP contribution is -2.44. The molecular weight excluding hydrogens is 396 g/mol. The number of thiazole rings is 1. The first-order valence-corrected chi connectivity index (χ1v) is 10.5. The van der Waals surface area contributed by atoms with Gasteiger partial charge < -0.3 is 10.6 Å². The lowest BCUT2D eigenvalue weighted by molar-refractivity contribution is -0.123. The third kappa shape index (κ3) is 5.31. The Morgan fingerprint density at radius 1 is 1.29 bits per heavy atom. The van der Waals surface area contributed by atoms with Crippen LogP contribution in [0, 0.1) is 26.7 Å². The summed E-state index contributed by atoms with van der Waals surface area (Å²) in [6.45, 7) is 7.48. The van der Waals surface area contributed by atoms with Crippen molar-refractivity contribution < 1.29 is 9.59 Å². The fourth-order valence-corrected chi connectivity index (χ4v) is 4.36. The monoisotopic (exact) mass is 420 g/mol. The topological polar surface area (TPSA) is 74.3 Å². The van der Waals surface area contributed by atoms with Crippen molar-refractivity contribution in [3.05, 3.63) is 39.4 Å². The van der Waals surface area contributed by atoms with Crippen LogP contribution in [0.5, 0.6) is 0 Å². The minimum absolute atomic E-state index is 0.0123. The van der Waals surface area contributed by atoms with E-state index in [2.05, 4.69) is 15.6 Å². The van der Waals surface area contributed by atoms with Crippen molar-refractivity contribution in [2.75, 3.05) is 30.3 Å².